The first-order chi connectivity index (χ1) is 11.0. The molecule has 2 N–H and O–H groups in total. The number of aliphatic hydroxyl groups excluding tert-OH is 1. The molecule has 1 fully saturated rings. The van der Waals surface area contributed by atoms with Gasteiger partial charge in [-0.15, -0.1) is 0 Å². The quantitative estimate of drug-likeness (QED) is 0.872. The van der Waals surface area contributed by atoms with Gasteiger partial charge in [-0.05, 0) is 50.3 Å². The number of ether oxygens (including phenoxy) is 1. The van der Waals surface area contributed by atoms with Crippen molar-refractivity contribution in [2.45, 2.75) is 45.8 Å². The number of amides is 2. The molecule has 0 radical (unpaired) electrons. The van der Waals surface area contributed by atoms with Crippen LogP contribution in [0.15, 0.2) is 18.2 Å². The summed E-state index contributed by atoms with van der Waals surface area (Å²) >= 11 is 0. The number of rotatable bonds is 5. The van der Waals surface area contributed by atoms with Crippen LogP contribution in [0.25, 0.3) is 0 Å². The van der Waals surface area contributed by atoms with Gasteiger partial charge in [0.1, 0.15) is 0 Å². The molecular formula is C18H28N2O3. The van der Waals surface area contributed by atoms with Gasteiger partial charge in [-0.2, -0.15) is 0 Å². The van der Waals surface area contributed by atoms with E-state index in [1.165, 1.54) is 16.7 Å². The molecule has 23 heavy (non-hydrogen) atoms. The first-order valence-electron chi connectivity index (χ1n) is 8.34. The number of carbonyl (C=O) groups excluding carboxylic acids is 1. The molecule has 0 aliphatic carbocycles. The maximum atomic E-state index is 12.4. The summed E-state index contributed by atoms with van der Waals surface area (Å²) in [5.41, 5.74) is 3.82. The van der Waals surface area contributed by atoms with Crippen LogP contribution < -0.4 is 5.32 Å². The SMILES string of the molecule is Cc1cccc(C)c1CCNC(=O)N1CCOCC1CC(C)O. The maximum absolute atomic E-state index is 12.4. The van der Waals surface area contributed by atoms with Crippen LogP contribution in [0.1, 0.15) is 30.0 Å². The summed E-state index contributed by atoms with van der Waals surface area (Å²) in [6, 6.07) is 6.14. The highest BCUT2D eigenvalue weighted by Crippen LogP contribution is 2.15. The largest absolute Gasteiger partial charge is 0.393 e. The lowest BCUT2D eigenvalue weighted by atomic mass is 10.0. The lowest BCUT2D eigenvalue weighted by Crippen LogP contribution is -2.53. The third-order valence-electron chi connectivity index (χ3n) is 4.40. The zero-order valence-electron chi connectivity index (χ0n) is 14.3. The molecule has 1 aliphatic rings. The number of aliphatic hydroxyl groups is 1. The number of morpholine rings is 1. The third-order valence-corrected chi connectivity index (χ3v) is 4.40. The van der Waals surface area contributed by atoms with Gasteiger partial charge in [0, 0.05) is 13.1 Å². The van der Waals surface area contributed by atoms with Crippen molar-refractivity contribution in [3.05, 3.63) is 34.9 Å². The van der Waals surface area contributed by atoms with Crippen molar-refractivity contribution in [2.75, 3.05) is 26.3 Å². The van der Waals surface area contributed by atoms with E-state index < -0.39 is 6.10 Å². The predicted molar refractivity (Wildman–Crippen MR) is 90.6 cm³/mol. The Morgan fingerprint density at radius 3 is 2.78 bits per heavy atom. The average molecular weight is 320 g/mol. The van der Waals surface area contributed by atoms with E-state index in [1.807, 2.05) is 0 Å². The van der Waals surface area contributed by atoms with Gasteiger partial charge < -0.3 is 20.1 Å². The first-order valence-corrected chi connectivity index (χ1v) is 8.34. The fourth-order valence-corrected chi connectivity index (χ4v) is 3.15. The van der Waals surface area contributed by atoms with E-state index in [1.54, 1.807) is 11.8 Å². The van der Waals surface area contributed by atoms with E-state index in [-0.39, 0.29) is 12.1 Å². The number of carbonyl (C=O) groups is 1. The number of benzene rings is 1. The zero-order valence-corrected chi connectivity index (χ0v) is 14.3. The van der Waals surface area contributed by atoms with Crippen molar-refractivity contribution in [3.8, 4) is 0 Å². The predicted octanol–water partition coefficient (Wildman–Crippen LogP) is 2.03. The Kier molecular flexibility index (Phi) is 6.42. The number of hydrogen-bond acceptors (Lipinski definition) is 3. The van der Waals surface area contributed by atoms with Crippen LogP contribution in [0.4, 0.5) is 4.79 Å². The number of hydrogen-bond donors (Lipinski definition) is 2. The van der Waals surface area contributed by atoms with E-state index in [9.17, 15) is 9.90 Å². The summed E-state index contributed by atoms with van der Waals surface area (Å²) in [4.78, 5) is 14.2. The average Bonchev–Trinajstić information content (AvgIpc) is 2.50. The molecule has 5 nitrogen and oxygen atoms in total. The molecule has 0 saturated carbocycles. The van der Waals surface area contributed by atoms with E-state index in [4.69, 9.17) is 4.74 Å². The molecule has 2 rings (SSSR count). The van der Waals surface area contributed by atoms with Crippen LogP contribution in [0.2, 0.25) is 0 Å². The molecule has 2 unspecified atom stereocenters. The highest BCUT2D eigenvalue weighted by Gasteiger charge is 2.28. The van der Waals surface area contributed by atoms with Crippen LogP contribution in [0, 0.1) is 13.8 Å². The maximum Gasteiger partial charge on any atom is 0.317 e. The molecule has 0 bridgehead atoms. The Bertz CT molecular complexity index is 511. The fourth-order valence-electron chi connectivity index (χ4n) is 3.15. The summed E-state index contributed by atoms with van der Waals surface area (Å²) in [5, 5.41) is 12.6. The Morgan fingerprint density at radius 2 is 2.13 bits per heavy atom. The zero-order chi connectivity index (χ0) is 16.8. The molecule has 2 atom stereocenters. The van der Waals surface area contributed by atoms with Crippen molar-refractivity contribution in [1.29, 1.82) is 0 Å². The van der Waals surface area contributed by atoms with Crippen LogP contribution in [0.3, 0.4) is 0 Å². The second kappa shape index (κ2) is 8.31. The molecule has 128 valence electrons. The Morgan fingerprint density at radius 1 is 1.43 bits per heavy atom. The minimum absolute atomic E-state index is 0.0519. The van der Waals surface area contributed by atoms with E-state index in [2.05, 4.69) is 37.4 Å². The van der Waals surface area contributed by atoms with Crippen molar-refractivity contribution in [3.63, 3.8) is 0 Å². The van der Waals surface area contributed by atoms with Gasteiger partial charge in [0.2, 0.25) is 0 Å². The minimum atomic E-state index is -0.438. The summed E-state index contributed by atoms with van der Waals surface area (Å²) in [6.45, 7) is 8.19. The Hall–Kier alpha value is -1.59. The van der Waals surface area contributed by atoms with Gasteiger partial charge in [0.15, 0.2) is 0 Å². The monoisotopic (exact) mass is 320 g/mol. The van der Waals surface area contributed by atoms with Crippen molar-refractivity contribution in [2.24, 2.45) is 0 Å². The summed E-state index contributed by atoms with van der Waals surface area (Å²) in [5.74, 6) is 0. The van der Waals surface area contributed by atoms with Gasteiger partial charge in [-0.25, -0.2) is 4.79 Å². The van der Waals surface area contributed by atoms with Crippen molar-refractivity contribution >= 4 is 6.03 Å². The number of aryl methyl sites for hydroxylation is 2. The molecule has 0 aromatic heterocycles. The minimum Gasteiger partial charge on any atom is -0.393 e. The van der Waals surface area contributed by atoms with Gasteiger partial charge in [-0.1, -0.05) is 18.2 Å². The smallest absolute Gasteiger partial charge is 0.317 e. The van der Waals surface area contributed by atoms with Crippen LogP contribution in [0.5, 0.6) is 0 Å². The highest BCUT2D eigenvalue weighted by atomic mass is 16.5. The topological polar surface area (TPSA) is 61.8 Å². The van der Waals surface area contributed by atoms with E-state index in [0.717, 1.165) is 6.42 Å². The van der Waals surface area contributed by atoms with Crippen molar-refractivity contribution < 1.29 is 14.6 Å². The number of nitrogens with zero attached hydrogens (tertiary/aromatic N) is 1. The Balaban J connectivity index is 1.88. The Labute approximate surface area is 138 Å². The molecule has 1 aromatic rings. The molecule has 1 saturated heterocycles. The van der Waals surface area contributed by atoms with Gasteiger partial charge in [0.25, 0.3) is 0 Å². The second-order valence-corrected chi connectivity index (χ2v) is 6.36. The van der Waals surface area contributed by atoms with E-state index in [0.29, 0.717) is 32.7 Å². The summed E-state index contributed by atoms with van der Waals surface area (Å²) in [6.07, 6.45) is 0.937. The third kappa shape index (κ3) is 4.94. The molecular weight excluding hydrogens is 292 g/mol. The summed E-state index contributed by atoms with van der Waals surface area (Å²) in [7, 11) is 0. The molecule has 2 amide bonds. The molecule has 1 heterocycles. The van der Waals surface area contributed by atoms with E-state index >= 15 is 0 Å². The summed E-state index contributed by atoms with van der Waals surface area (Å²) < 4.78 is 5.44. The molecule has 0 spiro atoms. The second-order valence-electron chi connectivity index (χ2n) is 6.36. The van der Waals surface area contributed by atoms with Gasteiger partial charge in [-0.3, -0.25) is 0 Å². The van der Waals surface area contributed by atoms with Crippen LogP contribution >= 0.6 is 0 Å². The molecule has 1 aromatic carbocycles. The highest BCUT2D eigenvalue weighted by molar-refractivity contribution is 5.74. The molecule has 1 aliphatic heterocycles. The van der Waals surface area contributed by atoms with Crippen LogP contribution in [-0.2, 0) is 11.2 Å². The standard InChI is InChI=1S/C18H28N2O3/c1-13-5-4-6-14(2)17(13)7-8-19-18(22)20-9-10-23-12-16(20)11-15(3)21/h4-6,15-16,21H,7-12H2,1-3H3,(H,19,22). The lowest BCUT2D eigenvalue weighted by molar-refractivity contribution is -0.00425. The molecule has 5 heteroatoms. The fraction of sp³-hybridized carbons (Fsp3) is 0.611. The van der Waals surface area contributed by atoms with Crippen LogP contribution in [-0.4, -0.2) is 54.5 Å². The normalized spacial score (nSPS) is 19.5. The van der Waals surface area contributed by atoms with Crippen molar-refractivity contribution in [1.82, 2.24) is 10.2 Å². The first kappa shape index (κ1) is 17.8. The van der Waals surface area contributed by atoms with Gasteiger partial charge >= 0.3 is 6.03 Å². The lowest BCUT2D eigenvalue weighted by Gasteiger charge is -2.36. The number of nitrogens with one attached hydrogen (secondary N) is 1. The number of urea groups is 1. The van der Waals surface area contributed by atoms with Gasteiger partial charge in [0.05, 0.1) is 25.4 Å².